The van der Waals surface area contributed by atoms with Gasteiger partial charge in [0.25, 0.3) is 0 Å². The summed E-state index contributed by atoms with van der Waals surface area (Å²) in [6.45, 7) is 4.11. The molecule has 3 rings (SSSR count). The van der Waals surface area contributed by atoms with Crippen LogP contribution in [0, 0.1) is 0 Å². The molecular formula is C17H21N3O3S. The van der Waals surface area contributed by atoms with Gasteiger partial charge < -0.3 is 20.4 Å². The van der Waals surface area contributed by atoms with E-state index in [2.05, 4.69) is 15.6 Å². The monoisotopic (exact) mass is 347 g/mol. The van der Waals surface area contributed by atoms with E-state index in [1.165, 1.54) is 11.8 Å². The first-order valence-electron chi connectivity index (χ1n) is 7.77. The predicted octanol–water partition coefficient (Wildman–Crippen LogP) is 1.80. The van der Waals surface area contributed by atoms with Crippen LogP contribution in [0.2, 0.25) is 0 Å². The smallest absolute Gasteiger partial charge is 0.243 e. The maximum atomic E-state index is 12.3. The third-order valence-corrected chi connectivity index (χ3v) is 5.52. The molecule has 1 saturated heterocycles. The number of methoxy groups -OCH3 is 1. The van der Waals surface area contributed by atoms with Gasteiger partial charge in [-0.15, -0.1) is 11.8 Å². The van der Waals surface area contributed by atoms with Gasteiger partial charge in [-0.2, -0.15) is 0 Å². The molecule has 1 unspecified atom stereocenters. The standard InChI is InChI=1S/C17H21N3O3S/c1-17(2)16(22)20-14(9-24-17)15(21)18-8-11-6-10-7-12(23-3)4-5-13(10)19-11/h4-7,14,19H,8-9H2,1-3H3,(H,18,21)(H,20,22). The minimum atomic E-state index is -0.486. The van der Waals surface area contributed by atoms with E-state index < -0.39 is 10.8 Å². The van der Waals surface area contributed by atoms with E-state index in [9.17, 15) is 9.59 Å². The Balaban J connectivity index is 1.61. The van der Waals surface area contributed by atoms with Crippen LogP contribution < -0.4 is 15.4 Å². The lowest BCUT2D eigenvalue weighted by molar-refractivity contribution is -0.129. The van der Waals surface area contributed by atoms with Crippen molar-refractivity contribution >= 4 is 34.5 Å². The van der Waals surface area contributed by atoms with Crippen LogP contribution in [-0.4, -0.2) is 40.4 Å². The fourth-order valence-electron chi connectivity index (χ4n) is 2.57. The van der Waals surface area contributed by atoms with Gasteiger partial charge in [-0.05, 0) is 38.1 Å². The summed E-state index contributed by atoms with van der Waals surface area (Å²) in [6.07, 6.45) is 0. The number of carbonyl (C=O) groups is 2. The summed E-state index contributed by atoms with van der Waals surface area (Å²) in [7, 11) is 1.63. The molecule has 0 radical (unpaired) electrons. The highest BCUT2D eigenvalue weighted by Gasteiger charge is 2.37. The third kappa shape index (κ3) is 3.36. The summed E-state index contributed by atoms with van der Waals surface area (Å²) >= 11 is 1.50. The number of thioether (sulfide) groups is 1. The highest BCUT2D eigenvalue weighted by Crippen LogP contribution is 2.29. The van der Waals surface area contributed by atoms with Gasteiger partial charge in [0.2, 0.25) is 11.8 Å². The number of hydrogen-bond donors (Lipinski definition) is 3. The number of carbonyl (C=O) groups excluding carboxylic acids is 2. The van der Waals surface area contributed by atoms with Gasteiger partial charge >= 0.3 is 0 Å². The first-order chi connectivity index (χ1) is 11.4. The molecule has 7 heteroatoms. The van der Waals surface area contributed by atoms with Crippen LogP contribution >= 0.6 is 11.8 Å². The SMILES string of the molecule is COc1ccc2[nH]c(CNC(=O)C3CSC(C)(C)C(=O)N3)cc2c1. The summed E-state index contributed by atoms with van der Waals surface area (Å²) in [5.41, 5.74) is 1.89. The summed E-state index contributed by atoms with van der Waals surface area (Å²) in [5.74, 6) is 1.11. The normalized spacial score (nSPS) is 19.8. The number of ether oxygens (including phenoxy) is 1. The molecule has 2 aromatic rings. The van der Waals surface area contributed by atoms with Crippen molar-refractivity contribution in [3.8, 4) is 5.75 Å². The maximum Gasteiger partial charge on any atom is 0.243 e. The molecular weight excluding hydrogens is 326 g/mol. The minimum Gasteiger partial charge on any atom is -0.497 e. The molecule has 2 heterocycles. The molecule has 24 heavy (non-hydrogen) atoms. The number of nitrogens with one attached hydrogen (secondary N) is 3. The number of hydrogen-bond acceptors (Lipinski definition) is 4. The Morgan fingerprint density at radius 3 is 2.92 bits per heavy atom. The Labute approximate surface area is 144 Å². The topological polar surface area (TPSA) is 83.2 Å². The lowest BCUT2D eigenvalue weighted by atomic mass is 10.1. The van der Waals surface area contributed by atoms with Crippen LogP contribution in [0.25, 0.3) is 10.9 Å². The molecule has 1 aromatic heterocycles. The quantitative estimate of drug-likeness (QED) is 0.788. The minimum absolute atomic E-state index is 0.100. The summed E-state index contributed by atoms with van der Waals surface area (Å²) in [6, 6.07) is 7.27. The van der Waals surface area contributed by atoms with Crippen LogP contribution in [0.1, 0.15) is 19.5 Å². The molecule has 0 spiro atoms. The van der Waals surface area contributed by atoms with E-state index in [4.69, 9.17) is 4.74 Å². The number of rotatable bonds is 4. The van der Waals surface area contributed by atoms with Gasteiger partial charge in [-0.25, -0.2) is 0 Å². The number of fused-ring (bicyclic) bond motifs is 1. The van der Waals surface area contributed by atoms with Crippen LogP contribution in [0.3, 0.4) is 0 Å². The number of amides is 2. The van der Waals surface area contributed by atoms with Gasteiger partial charge in [-0.3, -0.25) is 9.59 Å². The van der Waals surface area contributed by atoms with Gasteiger partial charge in [-0.1, -0.05) is 0 Å². The fourth-order valence-corrected chi connectivity index (χ4v) is 3.58. The van der Waals surface area contributed by atoms with E-state index in [0.717, 1.165) is 22.3 Å². The zero-order valence-electron chi connectivity index (χ0n) is 13.9. The van der Waals surface area contributed by atoms with Gasteiger partial charge in [0.05, 0.1) is 18.4 Å². The van der Waals surface area contributed by atoms with E-state index in [-0.39, 0.29) is 11.8 Å². The van der Waals surface area contributed by atoms with Crippen molar-refractivity contribution in [1.29, 1.82) is 0 Å². The van der Waals surface area contributed by atoms with Crippen molar-refractivity contribution in [2.24, 2.45) is 0 Å². The summed E-state index contributed by atoms with van der Waals surface area (Å²) in [4.78, 5) is 27.5. The van der Waals surface area contributed by atoms with Gasteiger partial charge in [0.1, 0.15) is 11.8 Å². The molecule has 1 fully saturated rings. The average Bonchev–Trinajstić information content (AvgIpc) is 2.97. The molecule has 2 amide bonds. The molecule has 128 valence electrons. The van der Waals surface area contributed by atoms with Crippen molar-refractivity contribution in [2.45, 2.75) is 31.2 Å². The van der Waals surface area contributed by atoms with Crippen LogP contribution in [0.5, 0.6) is 5.75 Å². The van der Waals surface area contributed by atoms with E-state index in [1.807, 2.05) is 38.1 Å². The number of benzene rings is 1. The van der Waals surface area contributed by atoms with Crippen molar-refractivity contribution in [3.05, 3.63) is 30.0 Å². The molecule has 0 saturated carbocycles. The zero-order chi connectivity index (χ0) is 17.3. The number of H-pyrrole nitrogens is 1. The molecule has 1 aliphatic rings. The second-order valence-corrected chi connectivity index (χ2v) is 7.96. The number of aromatic amines is 1. The first kappa shape index (κ1) is 16.7. The molecule has 1 aliphatic heterocycles. The molecule has 0 bridgehead atoms. The highest BCUT2D eigenvalue weighted by atomic mass is 32.2. The van der Waals surface area contributed by atoms with E-state index in [1.54, 1.807) is 7.11 Å². The Morgan fingerprint density at radius 1 is 1.42 bits per heavy atom. The summed E-state index contributed by atoms with van der Waals surface area (Å²) < 4.78 is 4.73. The predicted molar refractivity (Wildman–Crippen MR) is 95.2 cm³/mol. The molecule has 0 aliphatic carbocycles. The Bertz CT molecular complexity index is 784. The molecule has 1 aromatic carbocycles. The van der Waals surface area contributed by atoms with Crippen molar-refractivity contribution in [2.75, 3.05) is 12.9 Å². The Hall–Kier alpha value is -2.15. The van der Waals surface area contributed by atoms with Crippen molar-refractivity contribution in [1.82, 2.24) is 15.6 Å². The van der Waals surface area contributed by atoms with Crippen molar-refractivity contribution in [3.63, 3.8) is 0 Å². The van der Waals surface area contributed by atoms with Crippen molar-refractivity contribution < 1.29 is 14.3 Å². The second-order valence-electron chi connectivity index (χ2n) is 6.31. The second kappa shape index (κ2) is 6.39. The van der Waals surface area contributed by atoms with Crippen LogP contribution in [0.15, 0.2) is 24.3 Å². The van der Waals surface area contributed by atoms with E-state index in [0.29, 0.717) is 12.3 Å². The summed E-state index contributed by atoms with van der Waals surface area (Å²) in [5, 5.41) is 6.69. The Morgan fingerprint density at radius 2 is 2.21 bits per heavy atom. The maximum absolute atomic E-state index is 12.3. The largest absolute Gasteiger partial charge is 0.497 e. The molecule has 3 N–H and O–H groups in total. The fraction of sp³-hybridized carbons (Fsp3) is 0.412. The number of aromatic nitrogens is 1. The zero-order valence-corrected chi connectivity index (χ0v) is 14.8. The molecule has 6 nitrogen and oxygen atoms in total. The van der Waals surface area contributed by atoms with Crippen LogP contribution in [-0.2, 0) is 16.1 Å². The van der Waals surface area contributed by atoms with E-state index >= 15 is 0 Å². The third-order valence-electron chi connectivity index (χ3n) is 4.12. The van der Waals surface area contributed by atoms with Gasteiger partial charge in [0, 0.05) is 22.3 Å². The first-order valence-corrected chi connectivity index (χ1v) is 8.76. The van der Waals surface area contributed by atoms with Crippen LogP contribution in [0.4, 0.5) is 0 Å². The Kier molecular flexibility index (Phi) is 4.45. The van der Waals surface area contributed by atoms with Gasteiger partial charge in [0.15, 0.2) is 0 Å². The highest BCUT2D eigenvalue weighted by molar-refractivity contribution is 8.01. The average molecular weight is 347 g/mol. The molecule has 1 atom stereocenters. The lowest BCUT2D eigenvalue weighted by Gasteiger charge is -2.32. The lowest BCUT2D eigenvalue weighted by Crippen LogP contribution is -2.57.